The van der Waals surface area contributed by atoms with Crippen LogP contribution in [0.4, 0.5) is 0 Å². The minimum Gasteiger partial charge on any atom is -0.346 e. The second kappa shape index (κ2) is 14.7. The summed E-state index contributed by atoms with van der Waals surface area (Å²) in [6, 6.07) is 14.3. The third-order valence-corrected chi connectivity index (χ3v) is 13.3. The van der Waals surface area contributed by atoms with Gasteiger partial charge >= 0.3 is 0 Å². The summed E-state index contributed by atoms with van der Waals surface area (Å²) < 4.78 is 29.2. The lowest BCUT2D eigenvalue weighted by atomic mass is 9.71. The third-order valence-electron chi connectivity index (χ3n) is 10.8. The Bertz CT molecular complexity index is 1370. The molecule has 3 aliphatic rings. The van der Waals surface area contributed by atoms with Gasteiger partial charge in [0, 0.05) is 43.2 Å². The van der Waals surface area contributed by atoms with Gasteiger partial charge in [0.05, 0.1) is 4.90 Å². The summed E-state index contributed by atoms with van der Waals surface area (Å²) in [5.41, 5.74) is 3.16. The molecule has 1 amide bonds. The first-order valence-electron chi connectivity index (χ1n) is 16.9. The van der Waals surface area contributed by atoms with Crippen molar-refractivity contribution in [2.75, 3.05) is 33.2 Å². The molecule has 1 aliphatic carbocycles. The van der Waals surface area contributed by atoms with Gasteiger partial charge in [0.1, 0.15) is 0 Å². The maximum Gasteiger partial charge on any atom is 0.243 e. The summed E-state index contributed by atoms with van der Waals surface area (Å²) in [6.45, 7) is 7.38. The highest BCUT2D eigenvalue weighted by Gasteiger charge is 2.41. The van der Waals surface area contributed by atoms with Crippen LogP contribution >= 0.6 is 11.6 Å². The fraction of sp³-hybridized carbons (Fsp3) is 0.639. The van der Waals surface area contributed by atoms with Gasteiger partial charge in [-0.1, -0.05) is 48.4 Å². The van der Waals surface area contributed by atoms with E-state index in [1.54, 1.807) is 23.4 Å². The van der Waals surface area contributed by atoms with E-state index in [0.717, 1.165) is 44.2 Å². The Labute approximate surface area is 271 Å². The zero-order valence-corrected chi connectivity index (χ0v) is 28.6. The zero-order chi connectivity index (χ0) is 31.3. The van der Waals surface area contributed by atoms with Crippen molar-refractivity contribution in [1.82, 2.24) is 14.1 Å². The maximum absolute atomic E-state index is 13.8. The van der Waals surface area contributed by atoms with Gasteiger partial charge in [-0.05, 0) is 132 Å². The number of hydrogen-bond acceptors (Lipinski definition) is 4. The molecular formula is C36H52ClN3O3S. The van der Waals surface area contributed by atoms with Gasteiger partial charge in [-0.15, -0.1) is 0 Å². The molecule has 6 nitrogen and oxygen atoms in total. The molecule has 2 heterocycles. The normalized spacial score (nSPS) is 25.3. The SMILES string of the molecule is Cc1cc(S(=O)(=O)N2CCCCC2CCC(=O)N(C)CCC2CCC(Cc3ccccc3)(N3CCCC3)CC2)c(C)cc1Cl. The molecular weight excluding hydrogens is 590 g/mol. The van der Waals surface area contributed by atoms with Crippen LogP contribution in [-0.4, -0.2) is 73.2 Å². The monoisotopic (exact) mass is 641 g/mol. The summed E-state index contributed by atoms with van der Waals surface area (Å²) in [4.78, 5) is 18.2. The van der Waals surface area contributed by atoms with Crippen LogP contribution in [0.3, 0.4) is 0 Å². The van der Waals surface area contributed by atoms with Crippen LogP contribution in [0.2, 0.25) is 5.02 Å². The predicted molar refractivity (Wildman–Crippen MR) is 180 cm³/mol. The standard InChI is InChI=1S/C36H52ClN3O3S/c1-28-26-34(29(2)25-33(28)37)44(42,43)40-23-8-7-13-32(40)14-15-35(41)38(3)24-18-30-16-19-36(20-17-30,39-21-9-10-22-39)27-31-11-5-4-6-12-31/h4-6,11-12,25-26,30,32H,7-10,13-24,27H2,1-3H3. The van der Waals surface area contributed by atoms with Crippen molar-refractivity contribution in [2.24, 2.45) is 5.92 Å². The van der Waals surface area contributed by atoms with Crippen LogP contribution in [-0.2, 0) is 21.2 Å². The molecule has 242 valence electrons. The Morgan fingerprint density at radius 3 is 2.32 bits per heavy atom. The Morgan fingerprint density at radius 2 is 1.61 bits per heavy atom. The molecule has 0 N–H and O–H groups in total. The number of hydrogen-bond donors (Lipinski definition) is 0. The Morgan fingerprint density at radius 1 is 0.932 bits per heavy atom. The number of carbonyl (C=O) groups excluding carboxylic acids is 1. The maximum atomic E-state index is 13.8. The highest BCUT2D eigenvalue weighted by atomic mass is 35.5. The molecule has 1 saturated carbocycles. The van der Waals surface area contributed by atoms with E-state index in [-0.39, 0.29) is 17.5 Å². The predicted octanol–water partition coefficient (Wildman–Crippen LogP) is 7.40. The van der Waals surface area contributed by atoms with Crippen molar-refractivity contribution in [3.8, 4) is 0 Å². The summed E-state index contributed by atoms with van der Waals surface area (Å²) in [6.07, 6.45) is 13.3. The molecule has 44 heavy (non-hydrogen) atoms. The molecule has 0 aromatic heterocycles. The lowest BCUT2D eigenvalue weighted by molar-refractivity contribution is -0.130. The largest absolute Gasteiger partial charge is 0.346 e. The van der Waals surface area contributed by atoms with Gasteiger partial charge in [0.25, 0.3) is 0 Å². The van der Waals surface area contributed by atoms with Crippen LogP contribution in [0.15, 0.2) is 47.4 Å². The lowest BCUT2D eigenvalue weighted by Gasteiger charge is -2.47. The van der Waals surface area contributed by atoms with E-state index in [0.29, 0.717) is 40.8 Å². The summed E-state index contributed by atoms with van der Waals surface area (Å²) in [7, 11) is -1.74. The third kappa shape index (κ3) is 7.71. The number of benzene rings is 2. The number of sulfonamides is 1. The van der Waals surface area contributed by atoms with Crippen LogP contribution < -0.4 is 0 Å². The highest BCUT2D eigenvalue weighted by molar-refractivity contribution is 7.89. The number of likely N-dealkylation sites (tertiary alicyclic amines) is 1. The molecule has 1 atom stereocenters. The molecule has 5 rings (SSSR count). The Kier molecular flexibility index (Phi) is 11.1. The second-order valence-corrected chi connectivity index (χ2v) is 16.1. The first-order valence-corrected chi connectivity index (χ1v) is 18.7. The first kappa shape index (κ1) is 33.4. The molecule has 2 saturated heterocycles. The van der Waals surface area contributed by atoms with E-state index < -0.39 is 10.0 Å². The van der Waals surface area contributed by atoms with E-state index in [2.05, 4.69) is 35.2 Å². The van der Waals surface area contributed by atoms with E-state index in [1.807, 2.05) is 18.9 Å². The van der Waals surface area contributed by atoms with Gasteiger partial charge in [0.15, 0.2) is 0 Å². The minimum atomic E-state index is -3.66. The molecule has 2 aliphatic heterocycles. The molecule has 0 spiro atoms. The van der Waals surface area contributed by atoms with E-state index in [1.165, 1.54) is 57.2 Å². The Hall–Kier alpha value is -1.93. The average molecular weight is 642 g/mol. The van der Waals surface area contributed by atoms with Crippen molar-refractivity contribution >= 4 is 27.5 Å². The van der Waals surface area contributed by atoms with Crippen molar-refractivity contribution in [1.29, 1.82) is 0 Å². The molecule has 2 aromatic carbocycles. The molecule has 1 unspecified atom stereocenters. The quantitative estimate of drug-likeness (QED) is 0.257. The second-order valence-electron chi connectivity index (χ2n) is 13.8. The first-order chi connectivity index (χ1) is 21.1. The molecule has 0 bridgehead atoms. The number of piperidine rings is 1. The summed E-state index contributed by atoms with van der Waals surface area (Å²) >= 11 is 6.26. The van der Waals surface area contributed by atoms with Gasteiger partial charge in [-0.3, -0.25) is 9.69 Å². The van der Waals surface area contributed by atoms with Crippen molar-refractivity contribution in [3.63, 3.8) is 0 Å². The molecule has 2 aromatic rings. The van der Waals surface area contributed by atoms with Gasteiger partial charge in [-0.2, -0.15) is 4.31 Å². The topological polar surface area (TPSA) is 60.9 Å². The number of aryl methyl sites for hydroxylation is 2. The highest BCUT2D eigenvalue weighted by Crippen LogP contribution is 2.42. The van der Waals surface area contributed by atoms with Crippen molar-refractivity contribution < 1.29 is 13.2 Å². The molecule has 3 fully saturated rings. The number of amides is 1. The number of nitrogens with zero attached hydrogens (tertiary/aromatic N) is 3. The van der Waals surface area contributed by atoms with E-state index in [4.69, 9.17) is 11.6 Å². The van der Waals surface area contributed by atoms with Crippen LogP contribution in [0.25, 0.3) is 0 Å². The summed E-state index contributed by atoms with van der Waals surface area (Å²) in [5.74, 6) is 0.777. The van der Waals surface area contributed by atoms with Crippen LogP contribution in [0.1, 0.15) is 93.7 Å². The minimum absolute atomic E-state index is 0.123. The van der Waals surface area contributed by atoms with E-state index in [9.17, 15) is 13.2 Å². The zero-order valence-electron chi connectivity index (χ0n) is 27.1. The van der Waals surface area contributed by atoms with Crippen LogP contribution in [0.5, 0.6) is 0 Å². The van der Waals surface area contributed by atoms with E-state index >= 15 is 0 Å². The van der Waals surface area contributed by atoms with Gasteiger partial charge in [0.2, 0.25) is 15.9 Å². The fourth-order valence-corrected chi connectivity index (χ4v) is 10.2. The van der Waals surface area contributed by atoms with Crippen molar-refractivity contribution in [3.05, 3.63) is 64.2 Å². The average Bonchev–Trinajstić information content (AvgIpc) is 3.58. The lowest BCUT2D eigenvalue weighted by Crippen LogP contribution is -2.51. The fourth-order valence-electron chi connectivity index (χ4n) is 8.00. The van der Waals surface area contributed by atoms with Crippen molar-refractivity contribution in [2.45, 2.75) is 114 Å². The van der Waals surface area contributed by atoms with Gasteiger partial charge < -0.3 is 4.90 Å². The van der Waals surface area contributed by atoms with Gasteiger partial charge in [-0.25, -0.2) is 8.42 Å². The molecule has 8 heteroatoms. The molecule has 0 radical (unpaired) electrons. The number of rotatable bonds is 11. The van der Waals surface area contributed by atoms with Crippen LogP contribution in [0, 0.1) is 19.8 Å². The number of halogens is 1. The Balaban J connectivity index is 1.12. The number of carbonyl (C=O) groups is 1. The summed E-state index contributed by atoms with van der Waals surface area (Å²) in [5, 5.41) is 0.580. The smallest absolute Gasteiger partial charge is 0.243 e.